The Balaban J connectivity index is 2.07. The Bertz CT molecular complexity index is 506. The number of amides is 1. The van der Waals surface area contributed by atoms with Crippen LogP contribution in [-0.4, -0.2) is 38.6 Å². The quantitative estimate of drug-likeness (QED) is 0.717. The summed E-state index contributed by atoms with van der Waals surface area (Å²) < 4.78 is 1.75. The molecule has 0 unspecified atom stereocenters. The molecule has 0 aliphatic heterocycles. The van der Waals surface area contributed by atoms with Gasteiger partial charge in [0.1, 0.15) is 5.69 Å². The average molecular weight is 294 g/mol. The zero-order valence-electron chi connectivity index (χ0n) is 12.0. The van der Waals surface area contributed by atoms with Crippen LogP contribution in [0.2, 0.25) is 0 Å². The van der Waals surface area contributed by atoms with Gasteiger partial charge in [0.2, 0.25) is 0 Å². The number of imidazole rings is 1. The number of aromatic nitrogens is 2. The van der Waals surface area contributed by atoms with Crippen LogP contribution in [0.3, 0.4) is 0 Å². The molecule has 7 heteroatoms. The highest BCUT2D eigenvalue weighted by Crippen LogP contribution is 2.31. The van der Waals surface area contributed by atoms with Gasteiger partial charge in [-0.1, -0.05) is 19.3 Å². The van der Waals surface area contributed by atoms with Crippen molar-refractivity contribution >= 4 is 11.9 Å². The van der Waals surface area contributed by atoms with E-state index in [1.165, 1.54) is 0 Å². The molecule has 1 fully saturated rings. The van der Waals surface area contributed by atoms with Gasteiger partial charge in [-0.3, -0.25) is 9.59 Å². The van der Waals surface area contributed by atoms with Crippen LogP contribution in [0.1, 0.15) is 49.0 Å². The van der Waals surface area contributed by atoms with Crippen molar-refractivity contribution in [2.24, 2.45) is 5.73 Å². The molecule has 0 aromatic carbocycles. The third-order valence-electron chi connectivity index (χ3n) is 3.93. The van der Waals surface area contributed by atoms with Crippen molar-refractivity contribution in [1.82, 2.24) is 14.9 Å². The first-order valence-electron chi connectivity index (χ1n) is 7.31. The van der Waals surface area contributed by atoms with E-state index in [1.54, 1.807) is 17.1 Å². The Morgan fingerprint density at radius 3 is 2.71 bits per heavy atom. The molecule has 0 atom stereocenters. The third-order valence-corrected chi connectivity index (χ3v) is 3.93. The summed E-state index contributed by atoms with van der Waals surface area (Å²) >= 11 is 0. The van der Waals surface area contributed by atoms with Crippen molar-refractivity contribution < 1.29 is 14.7 Å². The molecule has 116 valence electrons. The molecule has 1 heterocycles. The monoisotopic (exact) mass is 294 g/mol. The zero-order chi connectivity index (χ0) is 15.3. The molecule has 1 aromatic rings. The standard InChI is InChI=1S/C14H22N4O3/c15-6-7-18-9-11(16-10-18)13(21)17-14(8-12(19)20)4-2-1-3-5-14/h9-10H,1-8,15H2,(H,17,21)(H,19,20). The largest absolute Gasteiger partial charge is 0.481 e. The number of nitrogens with zero attached hydrogens (tertiary/aromatic N) is 2. The first-order chi connectivity index (χ1) is 10.0. The second-order valence-electron chi connectivity index (χ2n) is 5.65. The predicted octanol–water partition coefficient (Wildman–Crippen LogP) is 0.749. The predicted molar refractivity (Wildman–Crippen MR) is 76.8 cm³/mol. The number of hydrogen-bond donors (Lipinski definition) is 3. The molecular formula is C14H22N4O3. The van der Waals surface area contributed by atoms with Crippen LogP contribution in [0, 0.1) is 0 Å². The first kappa shape index (κ1) is 15.5. The summed E-state index contributed by atoms with van der Waals surface area (Å²) in [4.78, 5) is 27.5. The summed E-state index contributed by atoms with van der Waals surface area (Å²) in [6.45, 7) is 1.07. The molecule has 0 saturated heterocycles. The van der Waals surface area contributed by atoms with Crippen molar-refractivity contribution in [2.45, 2.75) is 50.6 Å². The van der Waals surface area contributed by atoms with Crippen LogP contribution in [0.5, 0.6) is 0 Å². The highest BCUT2D eigenvalue weighted by molar-refractivity contribution is 5.93. The molecule has 0 radical (unpaired) electrons. The van der Waals surface area contributed by atoms with Gasteiger partial charge >= 0.3 is 5.97 Å². The van der Waals surface area contributed by atoms with Crippen LogP contribution in [0.4, 0.5) is 0 Å². The fourth-order valence-corrected chi connectivity index (χ4v) is 2.92. The molecule has 21 heavy (non-hydrogen) atoms. The van der Waals surface area contributed by atoms with Crippen molar-refractivity contribution in [1.29, 1.82) is 0 Å². The van der Waals surface area contributed by atoms with E-state index in [2.05, 4.69) is 10.3 Å². The lowest BCUT2D eigenvalue weighted by molar-refractivity contribution is -0.139. The van der Waals surface area contributed by atoms with Gasteiger partial charge in [0.05, 0.1) is 18.3 Å². The van der Waals surface area contributed by atoms with Crippen LogP contribution in [-0.2, 0) is 11.3 Å². The summed E-state index contributed by atoms with van der Waals surface area (Å²) in [6, 6.07) is 0. The van der Waals surface area contributed by atoms with Gasteiger partial charge in [-0.05, 0) is 12.8 Å². The van der Waals surface area contributed by atoms with Gasteiger partial charge in [0, 0.05) is 19.3 Å². The van der Waals surface area contributed by atoms with E-state index in [-0.39, 0.29) is 12.3 Å². The number of aliphatic carboxylic acids is 1. The van der Waals surface area contributed by atoms with Gasteiger partial charge in [-0.2, -0.15) is 0 Å². The van der Waals surface area contributed by atoms with E-state index in [0.29, 0.717) is 31.6 Å². The molecule has 1 aliphatic rings. The maximum Gasteiger partial charge on any atom is 0.305 e. The summed E-state index contributed by atoms with van der Waals surface area (Å²) in [5, 5.41) is 12.0. The number of carbonyl (C=O) groups excluding carboxylic acids is 1. The van der Waals surface area contributed by atoms with E-state index in [1.807, 2.05) is 0 Å². The number of carbonyl (C=O) groups is 2. The Labute approximate surface area is 123 Å². The topological polar surface area (TPSA) is 110 Å². The van der Waals surface area contributed by atoms with E-state index in [9.17, 15) is 9.59 Å². The SMILES string of the molecule is NCCn1cnc(C(=O)NC2(CC(=O)O)CCCCC2)c1. The number of nitrogens with one attached hydrogen (secondary N) is 1. The number of carboxylic acid groups (broad SMARTS) is 1. The summed E-state index contributed by atoms with van der Waals surface area (Å²) in [5.74, 6) is -1.19. The molecule has 4 N–H and O–H groups in total. The molecule has 1 aromatic heterocycles. The zero-order valence-corrected chi connectivity index (χ0v) is 12.0. The van der Waals surface area contributed by atoms with E-state index >= 15 is 0 Å². The Morgan fingerprint density at radius 1 is 1.38 bits per heavy atom. The molecule has 0 bridgehead atoms. The van der Waals surface area contributed by atoms with Crippen LogP contribution < -0.4 is 11.1 Å². The number of rotatable bonds is 6. The molecule has 7 nitrogen and oxygen atoms in total. The molecule has 1 amide bonds. The molecule has 1 saturated carbocycles. The minimum Gasteiger partial charge on any atom is -0.481 e. The van der Waals surface area contributed by atoms with Crippen molar-refractivity contribution in [3.8, 4) is 0 Å². The Kier molecular flexibility index (Phi) is 4.95. The van der Waals surface area contributed by atoms with Gasteiger partial charge in [-0.15, -0.1) is 0 Å². The summed E-state index contributed by atoms with van der Waals surface area (Å²) in [5.41, 5.74) is 5.12. The van der Waals surface area contributed by atoms with Gasteiger partial charge in [-0.25, -0.2) is 4.98 Å². The van der Waals surface area contributed by atoms with E-state index in [4.69, 9.17) is 10.8 Å². The fraction of sp³-hybridized carbons (Fsp3) is 0.643. The Morgan fingerprint density at radius 2 is 2.10 bits per heavy atom. The molecule has 2 rings (SSSR count). The maximum atomic E-state index is 12.3. The molecular weight excluding hydrogens is 272 g/mol. The lowest BCUT2D eigenvalue weighted by Gasteiger charge is -2.36. The van der Waals surface area contributed by atoms with Crippen LogP contribution in [0.25, 0.3) is 0 Å². The van der Waals surface area contributed by atoms with E-state index in [0.717, 1.165) is 19.3 Å². The second-order valence-corrected chi connectivity index (χ2v) is 5.65. The minimum absolute atomic E-state index is 0.0394. The normalized spacial score (nSPS) is 17.4. The van der Waals surface area contributed by atoms with Crippen molar-refractivity contribution in [2.75, 3.05) is 6.54 Å². The van der Waals surface area contributed by atoms with Gasteiger partial charge < -0.3 is 20.7 Å². The summed E-state index contributed by atoms with van der Waals surface area (Å²) in [7, 11) is 0. The lowest BCUT2D eigenvalue weighted by atomic mass is 9.79. The van der Waals surface area contributed by atoms with Gasteiger partial charge in [0.25, 0.3) is 5.91 Å². The van der Waals surface area contributed by atoms with Gasteiger partial charge in [0.15, 0.2) is 0 Å². The van der Waals surface area contributed by atoms with E-state index < -0.39 is 11.5 Å². The van der Waals surface area contributed by atoms with Crippen LogP contribution >= 0.6 is 0 Å². The minimum atomic E-state index is -0.883. The fourth-order valence-electron chi connectivity index (χ4n) is 2.92. The average Bonchev–Trinajstić information content (AvgIpc) is 2.88. The first-order valence-corrected chi connectivity index (χ1v) is 7.31. The smallest absolute Gasteiger partial charge is 0.305 e. The highest BCUT2D eigenvalue weighted by Gasteiger charge is 2.36. The molecule has 0 spiro atoms. The number of carboxylic acids is 1. The second kappa shape index (κ2) is 6.71. The number of nitrogens with two attached hydrogens (primary N) is 1. The maximum absolute atomic E-state index is 12.3. The lowest BCUT2D eigenvalue weighted by Crippen LogP contribution is -2.51. The third kappa shape index (κ3) is 4.04. The van der Waals surface area contributed by atoms with Crippen molar-refractivity contribution in [3.63, 3.8) is 0 Å². The number of hydrogen-bond acceptors (Lipinski definition) is 4. The van der Waals surface area contributed by atoms with Crippen LogP contribution in [0.15, 0.2) is 12.5 Å². The summed E-state index contributed by atoms with van der Waals surface area (Å²) in [6.07, 6.45) is 7.53. The van der Waals surface area contributed by atoms with Crippen molar-refractivity contribution in [3.05, 3.63) is 18.2 Å². The molecule has 1 aliphatic carbocycles. The highest BCUT2D eigenvalue weighted by atomic mass is 16.4. The Hall–Kier alpha value is -1.89.